The first-order chi connectivity index (χ1) is 16.3. The van der Waals surface area contributed by atoms with Gasteiger partial charge >= 0.3 is 0 Å². The summed E-state index contributed by atoms with van der Waals surface area (Å²) in [6.45, 7) is 0.386. The molecule has 34 heavy (non-hydrogen) atoms. The largest absolute Gasteiger partial charge is 0.493 e. The molecule has 0 aliphatic heterocycles. The summed E-state index contributed by atoms with van der Waals surface area (Å²) in [6.07, 6.45) is 1.03. The van der Waals surface area contributed by atoms with Crippen molar-refractivity contribution in [2.24, 2.45) is 5.10 Å². The maximum absolute atomic E-state index is 12.0. The van der Waals surface area contributed by atoms with Gasteiger partial charge in [0.25, 0.3) is 0 Å². The van der Waals surface area contributed by atoms with Crippen LogP contribution in [0.25, 0.3) is 0 Å². The summed E-state index contributed by atoms with van der Waals surface area (Å²) in [5, 5.41) is 7.13. The van der Waals surface area contributed by atoms with Gasteiger partial charge in [-0.2, -0.15) is 5.10 Å². The fourth-order valence-corrected chi connectivity index (χ4v) is 3.33. The predicted octanol–water partition coefficient (Wildman–Crippen LogP) is 5.82. The Morgan fingerprint density at radius 3 is 2.44 bits per heavy atom. The van der Waals surface area contributed by atoms with Crippen LogP contribution in [-0.4, -0.2) is 25.1 Å². The Kier molecular flexibility index (Phi) is 9.33. The highest BCUT2D eigenvalue weighted by atomic mass is 79.9. The third-order valence-electron chi connectivity index (χ3n) is 4.42. The molecule has 0 fully saturated rings. The Morgan fingerprint density at radius 2 is 1.74 bits per heavy atom. The number of halogens is 3. The number of amides is 2. The molecule has 7 nitrogen and oxygen atoms in total. The molecule has 0 spiro atoms. The van der Waals surface area contributed by atoms with Crippen LogP contribution in [0.15, 0.2) is 70.2 Å². The quantitative estimate of drug-likeness (QED) is 0.195. The van der Waals surface area contributed by atoms with Crippen molar-refractivity contribution in [2.45, 2.75) is 13.0 Å². The first-order valence-electron chi connectivity index (χ1n) is 9.96. The number of hydrogen-bond acceptors (Lipinski definition) is 5. The number of rotatable bonds is 9. The van der Waals surface area contributed by atoms with E-state index < -0.39 is 18.2 Å². The van der Waals surface area contributed by atoms with Crippen molar-refractivity contribution >= 4 is 62.8 Å². The van der Waals surface area contributed by atoms with E-state index in [1.165, 1.54) is 19.4 Å². The van der Waals surface area contributed by atoms with Crippen LogP contribution in [0.3, 0.4) is 0 Å². The minimum Gasteiger partial charge on any atom is -0.493 e. The molecular weight excluding hydrogens is 545 g/mol. The Hall–Kier alpha value is -3.07. The van der Waals surface area contributed by atoms with Gasteiger partial charge in [0.2, 0.25) is 11.8 Å². The van der Waals surface area contributed by atoms with Crippen LogP contribution in [0.2, 0.25) is 10.0 Å². The molecule has 0 saturated heterocycles. The zero-order valence-corrected chi connectivity index (χ0v) is 21.1. The fourth-order valence-electron chi connectivity index (χ4n) is 2.77. The number of carbonyl (C=O) groups is 2. The lowest BCUT2D eigenvalue weighted by Gasteiger charge is -2.11. The lowest BCUT2D eigenvalue weighted by atomic mass is 10.2. The van der Waals surface area contributed by atoms with Crippen molar-refractivity contribution in [3.63, 3.8) is 0 Å². The molecule has 3 aromatic rings. The molecular formula is C24H20BrCl2N3O4. The van der Waals surface area contributed by atoms with Gasteiger partial charge in [0, 0.05) is 10.2 Å². The second kappa shape index (κ2) is 12.4. The van der Waals surface area contributed by atoms with Crippen LogP contribution < -0.4 is 20.2 Å². The zero-order valence-electron chi connectivity index (χ0n) is 18.0. The summed E-state index contributed by atoms with van der Waals surface area (Å²) >= 11 is 15.2. The average Bonchev–Trinajstić information content (AvgIpc) is 2.81. The third kappa shape index (κ3) is 7.76. The van der Waals surface area contributed by atoms with Gasteiger partial charge in [-0.25, -0.2) is 5.43 Å². The minimum atomic E-state index is -0.574. The first kappa shape index (κ1) is 25.6. The van der Waals surface area contributed by atoms with Crippen molar-refractivity contribution in [1.82, 2.24) is 5.43 Å². The highest BCUT2D eigenvalue weighted by Gasteiger charge is 2.10. The first-order valence-corrected chi connectivity index (χ1v) is 11.5. The highest BCUT2D eigenvalue weighted by Crippen LogP contribution is 2.28. The van der Waals surface area contributed by atoms with E-state index in [0.29, 0.717) is 39.4 Å². The van der Waals surface area contributed by atoms with E-state index in [1.807, 2.05) is 24.3 Å². The predicted molar refractivity (Wildman–Crippen MR) is 137 cm³/mol. The summed E-state index contributed by atoms with van der Waals surface area (Å²) < 4.78 is 12.2. The topological polar surface area (TPSA) is 89.0 Å². The summed E-state index contributed by atoms with van der Waals surface area (Å²) in [5.41, 5.74) is 4.44. The molecule has 0 saturated carbocycles. The molecule has 0 radical (unpaired) electrons. The summed E-state index contributed by atoms with van der Waals surface area (Å²) in [5.74, 6) is 0.00855. The monoisotopic (exact) mass is 563 g/mol. The number of carbonyl (C=O) groups excluding carboxylic acids is 2. The van der Waals surface area contributed by atoms with Gasteiger partial charge < -0.3 is 14.8 Å². The Labute approximate surface area is 215 Å². The van der Waals surface area contributed by atoms with Crippen LogP contribution >= 0.6 is 39.1 Å². The number of ether oxygens (including phenoxy) is 2. The highest BCUT2D eigenvalue weighted by molar-refractivity contribution is 9.10. The molecule has 2 N–H and O–H groups in total. The molecule has 10 heteroatoms. The van der Waals surface area contributed by atoms with Crippen molar-refractivity contribution in [2.75, 3.05) is 12.4 Å². The Morgan fingerprint density at radius 1 is 0.971 bits per heavy atom. The van der Waals surface area contributed by atoms with E-state index in [0.717, 1.165) is 10.0 Å². The molecule has 0 aromatic heterocycles. The number of benzene rings is 3. The van der Waals surface area contributed by atoms with Gasteiger partial charge in [-0.1, -0.05) is 51.3 Å². The Balaban J connectivity index is 1.51. The van der Waals surface area contributed by atoms with Crippen LogP contribution in [-0.2, 0) is 16.2 Å². The van der Waals surface area contributed by atoms with E-state index in [9.17, 15) is 9.59 Å². The Bertz CT molecular complexity index is 1200. The van der Waals surface area contributed by atoms with Crippen molar-refractivity contribution in [3.8, 4) is 11.5 Å². The maximum Gasteiger partial charge on any atom is 0.249 e. The summed E-state index contributed by atoms with van der Waals surface area (Å²) in [7, 11) is 1.54. The lowest BCUT2D eigenvalue weighted by Crippen LogP contribution is -2.24. The molecule has 3 rings (SSSR count). The third-order valence-corrected chi connectivity index (χ3v) is 5.69. The van der Waals surface area contributed by atoms with Gasteiger partial charge in [-0.15, -0.1) is 0 Å². The second-order valence-electron chi connectivity index (χ2n) is 6.97. The van der Waals surface area contributed by atoms with E-state index in [2.05, 4.69) is 31.8 Å². The summed E-state index contributed by atoms with van der Waals surface area (Å²) in [4.78, 5) is 24.0. The van der Waals surface area contributed by atoms with Crippen LogP contribution in [0, 0.1) is 0 Å². The molecule has 176 valence electrons. The molecule has 0 atom stereocenters. The van der Waals surface area contributed by atoms with Gasteiger partial charge in [0.05, 0.1) is 23.4 Å². The number of methoxy groups -OCH3 is 1. The molecule has 2 amide bonds. The smallest absolute Gasteiger partial charge is 0.249 e. The van der Waals surface area contributed by atoms with Crippen molar-refractivity contribution in [1.29, 1.82) is 0 Å². The van der Waals surface area contributed by atoms with Crippen molar-refractivity contribution in [3.05, 3.63) is 86.3 Å². The normalized spacial score (nSPS) is 10.7. The summed E-state index contributed by atoms with van der Waals surface area (Å²) in [6, 6.07) is 17.7. The molecule has 0 aliphatic carbocycles. The van der Waals surface area contributed by atoms with Crippen LogP contribution in [0.5, 0.6) is 11.5 Å². The lowest BCUT2D eigenvalue weighted by molar-refractivity contribution is -0.126. The maximum atomic E-state index is 12.0. The molecule has 0 heterocycles. The van der Waals surface area contributed by atoms with Crippen molar-refractivity contribution < 1.29 is 19.1 Å². The number of hydrogen-bond donors (Lipinski definition) is 2. The zero-order chi connectivity index (χ0) is 24.5. The van der Waals surface area contributed by atoms with Gasteiger partial charge in [-0.3, -0.25) is 9.59 Å². The van der Waals surface area contributed by atoms with E-state index >= 15 is 0 Å². The average molecular weight is 565 g/mol. The number of hydrazone groups is 1. The van der Waals surface area contributed by atoms with E-state index in [4.69, 9.17) is 32.7 Å². The van der Waals surface area contributed by atoms with Gasteiger partial charge in [-0.05, 0) is 59.7 Å². The number of nitrogens with one attached hydrogen (secondary N) is 2. The standard InChI is InChI=1S/C24H20BrCl2N3O4/c1-33-22-10-16(4-9-21(22)34-14-15-2-5-17(25)6-3-15)13-28-30-24(32)12-23(31)29-18-7-8-19(26)20(27)11-18/h2-11,13H,12,14H2,1H3,(H,29,31)(H,30,32)/b28-13+. The minimum absolute atomic E-state index is 0.300. The molecule has 0 bridgehead atoms. The van der Waals surface area contributed by atoms with Gasteiger partial charge in [0.15, 0.2) is 11.5 Å². The van der Waals surface area contributed by atoms with E-state index in [-0.39, 0.29) is 0 Å². The van der Waals surface area contributed by atoms with Crippen LogP contribution in [0.1, 0.15) is 17.5 Å². The molecule has 0 aliphatic rings. The van der Waals surface area contributed by atoms with Crippen LogP contribution in [0.4, 0.5) is 5.69 Å². The second-order valence-corrected chi connectivity index (χ2v) is 8.70. The van der Waals surface area contributed by atoms with Gasteiger partial charge in [0.1, 0.15) is 13.0 Å². The number of nitrogens with zero attached hydrogens (tertiary/aromatic N) is 1. The molecule has 0 unspecified atom stereocenters. The van der Waals surface area contributed by atoms with E-state index in [1.54, 1.807) is 30.3 Å². The number of anilines is 1. The molecule has 3 aromatic carbocycles. The fraction of sp³-hybridized carbons (Fsp3) is 0.125. The SMILES string of the molecule is COc1cc(/C=N/NC(=O)CC(=O)Nc2ccc(Cl)c(Cl)c2)ccc1OCc1ccc(Br)cc1.